The predicted octanol–water partition coefficient (Wildman–Crippen LogP) is 3.69. The number of esters is 1. The van der Waals surface area contributed by atoms with Crippen LogP contribution < -0.4 is 0 Å². The lowest BCUT2D eigenvalue weighted by atomic mass is 10.1. The molecule has 0 aliphatic carbocycles. The molecule has 126 valence electrons. The van der Waals surface area contributed by atoms with E-state index in [1.165, 1.54) is 0 Å². The lowest BCUT2D eigenvalue weighted by Gasteiger charge is -2.20. The highest BCUT2D eigenvalue weighted by Gasteiger charge is 2.23. The van der Waals surface area contributed by atoms with Crippen molar-refractivity contribution in [1.29, 1.82) is 0 Å². The maximum atomic E-state index is 12.3. The van der Waals surface area contributed by atoms with Gasteiger partial charge in [0.05, 0.1) is 13.0 Å². The van der Waals surface area contributed by atoms with Crippen molar-refractivity contribution in [1.82, 2.24) is 4.90 Å². The van der Waals surface area contributed by atoms with Crippen molar-refractivity contribution >= 4 is 35.2 Å². The van der Waals surface area contributed by atoms with Gasteiger partial charge in [-0.25, -0.2) is 0 Å². The highest BCUT2D eigenvalue weighted by molar-refractivity contribution is 7.99. The second-order valence-electron chi connectivity index (χ2n) is 5.36. The SMILES string of the molecule is CCOC(=O)CCC(=O)N1CCS[C@H](c2ccccc2Cl)CC1. The summed E-state index contributed by atoms with van der Waals surface area (Å²) in [5.41, 5.74) is 1.14. The van der Waals surface area contributed by atoms with E-state index in [4.69, 9.17) is 16.3 Å². The third-order valence-corrected chi connectivity index (χ3v) is 5.45. The van der Waals surface area contributed by atoms with Crippen molar-refractivity contribution in [2.24, 2.45) is 0 Å². The number of benzene rings is 1. The van der Waals surface area contributed by atoms with Crippen LogP contribution in [0.4, 0.5) is 0 Å². The van der Waals surface area contributed by atoms with Gasteiger partial charge in [0.2, 0.25) is 5.91 Å². The molecule has 4 nitrogen and oxygen atoms in total. The van der Waals surface area contributed by atoms with Crippen molar-refractivity contribution in [3.8, 4) is 0 Å². The molecule has 0 bridgehead atoms. The number of ether oxygens (including phenoxy) is 1. The molecule has 6 heteroatoms. The summed E-state index contributed by atoms with van der Waals surface area (Å²) in [6.45, 7) is 3.53. The molecule has 1 aromatic rings. The van der Waals surface area contributed by atoms with Crippen LogP contribution in [0.2, 0.25) is 5.02 Å². The number of rotatable bonds is 5. The molecule has 1 amide bonds. The fraction of sp³-hybridized carbons (Fsp3) is 0.529. The van der Waals surface area contributed by atoms with Crippen LogP contribution in [0, 0.1) is 0 Å². The molecule has 0 unspecified atom stereocenters. The largest absolute Gasteiger partial charge is 0.466 e. The van der Waals surface area contributed by atoms with Crippen LogP contribution in [0.15, 0.2) is 24.3 Å². The Morgan fingerprint density at radius 2 is 2.09 bits per heavy atom. The van der Waals surface area contributed by atoms with E-state index in [9.17, 15) is 9.59 Å². The van der Waals surface area contributed by atoms with Crippen LogP contribution in [0.3, 0.4) is 0 Å². The number of amides is 1. The minimum atomic E-state index is -0.306. The van der Waals surface area contributed by atoms with Crippen molar-refractivity contribution in [3.63, 3.8) is 0 Å². The Morgan fingerprint density at radius 3 is 2.83 bits per heavy atom. The molecule has 0 saturated carbocycles. The fourth-order valence-corrected chi connectivity index (χ4v) is 4.20. The molecule has 0 aromatic heterocycles. The summed E-state index contributed by atoms with van der Waals surface area (Å²) in [7, 11) is 0. The Morgan fingerprint density at radius 1 is 1.30 bits per heavy atom. The third-order valence-electron chi connectivity index (χ3n) is 3.79. The van der Waals surface area contributed by atoms with Gasteiger partial charge in [0, 0.05) is 35.5 Å². The summed E-state index contributed by atoms with van der Waals surface area (Å²) in [6, 6.07) is 7.89. The molecular formula is C17H22ClNO3S. The van der Waals surface area contributed by atoms with Crippen LogP contribution in [-0.4, -0.2) is 42.2 Å². The summed E-state index contributed by atoms with van der Waals surface area (Å²) in [5.74, 6) is 0.596. The van der Waals surface area contributed by atoms with Crippen molar-refractivity contribution < 1.29 is 14.3 Å². The van der Waals surface area contributed by atoms with Gasteiger partial charge in [-0.05, 0) is 25.0 Å². The maximum Gasteiger partial charge on any atom is 0.306 e. The average Bonchev–Trinajstić information content (AvgIpc) is 2.79. The number of nitrogens with zero attached hydrogens (tertiary/aromatic N) is 1. The number of halogens is 1. The normalized spacial score (nSPS) is 18.3. The van der Waals surface area contributed by atoms with Gasteiger partial charge in [0.25, 0.3) is 0 Å². The van der Waals surface area contributed by atoms with Gasteiger partial charge in [-0.3, -0.25) is 9.59 Å². The van der Waals surface area contributed by atoms with Crippen LogP contribution in [-0.2, 0) is 14.3 Å². The second kappa shape index (κ2) is 9.18. The summed E-state index contributed by atoms with van der Waals surface area (Å²) >= 11 is 8.11. The zero-order valence-electron chi connectivity index (χ0n) is 13.3. The molecule has 23 heavy (non-hydrogen) atoms. The monoisotopic (exact) mass is 355 g/mol. The molecule has 1 heterocycles. The number of carbonyl (C=O) groups is 2. The quantitative estimate of drug-likeness (QED) is 0.756. The molecule has 0 spiro atoms. The second-order valence-corrected chi connectivity index (χ2v) is 7.07. The van der Waals surface area contributed by atoms with E-state index in [2.05, 4.69) is 6.07 Å². The molecule has 2 rings (SSSR count). The Bertz CT molecular complexity index is 552. The molecule has 1 aromatic carbocycles. The van der Waals surface area contributed by atoms with Gasteiger partial charge in [-0.1, -0.05) is 29.8 Å². The van der Waals surface area contributed by atoms with Crippen LogP contribution in [0.5, 0.6) is 0 Å². The Hall–Kier alpha value is -1.20. The molecular weight excluding hydrogens is 334 g/mol. The standard InChI is InChI=1S/C17H22ClNO3S/c1-2-22-17(21)8-7-16(20)19-10-9-15(23-12-11-19)13-5-3-4-6-14(13)18/h3-6,15H,2,7-12H2,1H3/t15-/m0/s1. The van der Waals surface area contributed by atoms with Crippen molar-refractivity contribution in [2.45, 2.75) is 31.4 Å². The molecule has 0 radical (unpaired) electrons. The van der Waals surface area contributed by atoms with E-state index in [0.29, 0.717) is 24.9 Å². The zero-order valence-corrected chi connectivity index (χ0v) is 14.9. The minimum absolute atomic E-state index is 0.0264. The van der Waals surface area contributed by atoms with Gasteiger partial charge in [-0.2, -0.15) is 11.8 Å². The van der Waals surface area contributed by atoms with Gasteiger partial charge in [0.15, 0.2) is 0 Å². The van der Waals surface area contributed by atoms with E-state index in [1.807, 2.05) is 34.9 Å². The maximum absolute atomic E-state index is 12.3. The Labute approximate surface area is 146 Å². The van der Waals surface area contributed by atoms with Gasteiger partial charge < -0.3 is 9.64 Å². The Kier molecular flexibility index (Phi) is 7.24. The molecule has 1 atom stereocenters. The summed E-state index contributed by atoms with van der Waals surface area (Å²) in [5, 5.41) is 1.10. The van der Waals surface area contributed by atoms with Gasteiger partial charge in [-0.15, -0.1) is 0 Å². The Balaban J connectivity index is 1.87. The topological polar surface area (TPSA) is 46.6 Å². The van der Waals surface area contributed by atoms with Crippen molar-refractivity contribution in [3.05, 3.63) is 34.9 Å². The van der Waals surface area contributed by atoms with E-state index in [1.54, 1.807) is 6.92 Å². The number of hydrogen-bond acceptors (Lipinski definition) is 4. The molecule has 1 aliphatic rings. The lowest BCUT2D eigenvalue weighted by molar-refractivity contribution is -0.145. The highest BCUT2D eigenvalue weighted by atomic mass is 35.5. The molecule has 0 N–H and O–H groups in total. The average molecular weight is 356 g/mol. The van der Waals surface area contributed by atoms with E-state index >= 15 is 0 Å². The molecule has 1 aliphatic heterocycles. The number of carbonyl (C=O) groups excluding carboxylic acids is 2. The first-order chi connectivity index (χ1) is 11.1. The van der Waals surface area contributed by atoms with E-state index < -0.39 is 0 Å². The number of thioether (sulfide) groups is 1. The molecule has 1 saturated heterocycles. The predicted molar refractivity (Wildman–Crippen MR) is 93.7 cm³/mol. The van der Waals surface area contributed by atoms with E-state index in [0.717, 1.165) is 22.8 Å². The van der Waals surface area contributed by atoms with E-state index in [-0.39, 0.29) is 24.7 Å². The first-order valence-electron chi connectivity index (χ1n) is 7.91. The first-order valence-corrected chi connectivity index (χ1v) is 9.34. The summed E-state index contributed by atoms with van der Waals surface area (Å²) in [4.78, 5) is 25.5. The van der Waals surface area contributed by atoms with Crippen LogP contribution in [0.1, 0.15) is 37.0 Å². The van der Waals surface area contributed by atoms with Gasteiger partial charge >= 0.3 is 5.97 Å². The highest BCUT2D eigenvalue weighted by Crippen LogP contribution is 2.37. The van der Waals surface area contributed by atoms with Crippen molar-refractivity contribution in [2.75, 3.05) is 25.4 Å². The fourth-order valence-electron chi connectivity index (χ4n) is 2.60. The lowest BCUT2D eigenvalue weighted by Crippen LogP contribution is -2.33. The van der Waals surface area contributed by atoms with Crippen LogP contribution >= 0.6 is 23.4 Å². The smallest absolute Gasteiger partial charge is 0.306 e. The minimum Gasteiger partial charge on any atom is -0.466 e. The summed E-state index contributed by atoms with van der Waals surface area (Å²) < 4.78 is 4.86. The summed E-state index contributed by atoms with van der Waals surface area (Å²) in [6.07, 6.45) is 1.25. The third kappa shape index (κ3) is 5.43. The molecule has 1 fully saturated rings. The number of hydrogen-bond donors (Lipinski definition) is 0. The van der Waals surface area contributed by atoms with Crippen LogP contribution in [0.25, 0.3) is 0 Å². The van der Waals surface area contributed by atoms with Gasteiger partial charge in [0.1, 0.15) is 0 Å². The first kappa shape index (κ1) is 18.1. The zero-order chi connectivity index (χ0) is 16.7.